The van der Waals surface area contributed by atoms with Crippen LogP contribution >= 0.6 is 0 Å². The van der Waals surface area contributed by atoms with E-state index in [1.807, 2.05) is 54.6 Å². The number of rotatable bonds is 5. The standard InChI is InChI=1S/C23H20N4O2/c24-20(15-6-2-1-3-7-15)21(25)17-9-4-10-18(14-17)26-23(28)27-19-11-5-8-16-12-13-29-22(16)19/h1-14,21,24H,25H2,(H2,26,27,28). The van der Waals surface area contributed by atoms with Gasteiger partial charge >= 0.3 is 6.03 Å². The lowest BCUT2D eigenvalue weighted by Crippen LogP contribution is -2.22. The number of furan rings is 1. The summed E-state index contributed by atoms with van der Waals surface area (Å²) in [6.45, 7) is 0. The van der Waals surface area contributed by atoms with E-state index >= 15 is 0 Å². The third-order valence-corrected chi connectivity index (χ3v) is 4.63. The fourth-order valence-electron chi connectivity index (χ4n) is 3.15. The minimum atomic E-state index is -0.598. The van der Waals surface area contributed by atoms with Crippen LogP contribution in [0.2, 0.25) is 0 Å². The summed E-state index contributed by atoms with van der Waals surface area (Å²) >= 11 is 0. The largest absolute Gasteiger partial charge is 0.462 e. The molecule has 1 aromatic heterocycles. The second-order valence-corrected chi connectivity index (χ2v) is 6.61. The average molecular weight is 384 g/mol. The van der Waals surface area contributed by atoms with Crippen LogP contribution < -0.4 is 16.4 Å². The number of fused-ring (bicyclic) bond motifs is 1. The maximum atomic E-state index is 12.4. The minimum Gasteiger partial charge on any atom is -0.462 e. The molecule has 0 aliphatic carbocycles. The maximum Gasteiger partial charge on any atom is 0.323 e. The molecule has 0 spiro atoms. The first-order valence-electron chi connectivity index (χ1n) is 9.15. The zero-order valence-electron chi connectivity index (χ0n) is 15.6. The Kier molecular flexibility index (Phi) is 5.09. The van der Waals surface area contributed by atoms with Crippen molar-refractivity contribution in [2.75, 3.05) is 10.6 Å². The highest BCUT2D eigenvalue weighted by Gasteiger charge is 2.15. The summed E-state index contributed by atoms with van der Waals surface area (Å²) in [4.78, 5) is 12.4. The predicted molar refractivity (Wildman–Crippen MR) is 115 cm³/mol. The molecule has 0 aliphatic rings. The molecule has 6 heteroatoms. The Labute approximate surface area is 167 Å². The molecule has 1 heterocycles. The topological polar surface area (TPSA) is 104 Å². The molecule has 4 rings (SSSR count). The highest BCUT2D eigenvalue weighted by atomic mass is 16.3. The normalized spacial score (nSPS) is 11.8. The van der Waals surface area contributed by atoms with Gasteiger partial charge in [-0.3, -0.25) is 0 Å². The highest BCUT2D eigenvalue weighted by molar-refractivity contribution is 6.05. The summed E-state index contributed by atoms with van der Waals surface area (Å²) in [7, 11) is 0. The molecule has 2 amide bonds. The maximum absolute atomic E-state index is 12.4. The molecule has 0 radical (unpaired) electrons. The molecule has 0 saturated carbocycles. The molecule has 0 fully saturated rings. The van der Waals surface area contributed by atoms with Crippen LogP contribution in [0.5, 0.6) is 0 Å². The average Bonchev–Trinajstić information content (AvgIpc) is 3.23. The van der Waals surface area contributed by atoms with Gasteiger partial charge in [-0.25, -0.2) is 4.79 Å². The smallest absolute Gasteiger partial charge is 0.323 e. The summed E-state index contributed by atoms with van der Waals surface area (Å²) in [5.74, 6) is 0. The van der Waals surface area contributed by atoms with Crippen molar-refractivity contribution >= 4 is 34.1 Å². The molecule has 5 N–H and O–H groups in total. The molecule has 144 valence electrons. The zero-order valence-corrected chi connectivity index (χ0v) is 15.6. The molecule has 0 bridgehead atoms. The SMILES string of the molecule is N=C(c1ccccc1)C(N)c1cccc(NC(=O)Nc2cccc3ccoc23)c1. The highest BCUT2D eigenvalue weighted by Crippen LogP contribution is 2.25. The van der Waals surface area contributed by atoms with Crippen molar-refractivity contribution in [3.8, 4) is 0 Å². The summed E-state index contributed by atoms with van der Waals surface area (Å²) in [6.07, 6.45) is 1.58. The van der Waals surface area contributed by atoms with Gasteiger partial charge in [-0.05, 0) is 35.4 Å². The number of anilines is 2. The molecule has 0 saturated heterocycles. The third kappa shape index (κ3) is 4.02. The van der Waals surface area contributed by atoms with Gasteiger partial charge in [0.15, 0.2) is 5.58 Å². The lowest BCUT2D eigenvalue weighted by molar-refractivity contribution is 0.262. The monoisotopic (exact) mass is 384 g/mol. The van der Waals surface area contributed by atoms with E-state index in [0.29, 0.717) is 22.7 Å². The molecule has 3 aromatic carbocycles. The van der Waals surface area contributed by atoms with Crippen molar-refractivity contribution in [2.45, 2.75) is 6.04 Å². The Morgan fingerprint density at radius 2 is 1.72 bits per heavy atom. The van der Waals surface area contributed by atoms with Crippen molar-refractivity contribution in [1.82, 2.24) is 0 Å². The Balaban J connectivity index is 1.48. The Hall–Kier alpha value is -3.90. The quantitative estimate of drug-likeness (QED) is 0.358. The minimum absolute atomic E-state index is 0.316. The Bertz CT molecular complexity index is 1170. The number of hydrogen-bond donors (Lipinski definition) is 4. The number of benzene rings is 3. The summed E-state index contributed by atoms with van der Waals surface area (Å²) in [5, 5.41) is 14.9. The van der Waals surface area contributed by atoms with Crippen LogP contribution in [0.15, 0.2) is 89.5 Å². The fourth-order valence-corrected chi connectivity index (χ4v) is 3.15. The van der Waals surface area contributed by atoms with E-state index in [4.69, 9.17) is 15.6 Å². The zero-order chi connectivity index (χ0) is 20.2. The first-order chi connectivity index (χ1) is 14.1. The van der Waals surface area contributed by atoms with Crippen molar-refractivity contribution in [3.05, 3.63) is 96.3 Å². The Morgan fingerprint density at radius 3 is 2.55 bits per heavy atom. The number of amides is 2. The molecule has 0 aliphatic heterocycles. The summed E-state index contributed by atoms with van der Waals surface area (Å²) < 4.78 is 5.44. The van der Waals surface area contributed by atoms with Gasteiger partial charge in [-0.1, -0.05) is 54.6 Å². The molecule has 29 heavy (non-hydrogen) atoms. The molecular weight excluding hydrogens is 364 g/mol. The van der Waals surface area contributed by atoms with Crippen molar-refractivity contribution < 1.29 is 9.21 Å². The van der Waals surface area contributed by atoms with Crippen molar-refractivity contribution in [2.24, 2.45) is 5.73 Å². The van der Waals surface area contributed by atoms with Crippen molar-refractivity contribution in [1.29, 1.82) is 5.41 Å². The first-order valence-corrected chi connectivity index (χ1v) is 9.15. The number of para-hydroxylation sites is 1. The molecule has 6 nitrogen and oxygen atoms in total. The van der Waals surface area contributed by atoms with Crippen LogP contribution in [0.25, 0.3) is 11.0 Å². The third-order valence-electron chi connectivity index (χ3n) is 4.63. The van der Waals surface area contributed by atoms with Gasteiger partial charge in [-0.15, -0.1) is 0 Å². The van der Waals surface area contributed by atoms with Gasteiger partial charge in [-0.2, -0.15) is 0 Å². The number of carbonyl (C=O) groups is 1. The summed E-state index contributed by atoms with van der Waals surface area (Å²) in [6, 6.07) is 22.9. The van der Waals surface area contributed by atoms with Gasteiger partial charge < -0.3 is 26.2 Å². The fraction of sp³-hybridized carbons (Fsp3) is 0.0435. The number of carbonyl (C=O) groups excluding carboxylic acids is 1. The summed E-state index contributed by atoms with van der Waals surface area (Å²) in [5.41, 5.74) is 9.90. The van der Waals surface area contributed by atoms with E-state index in [1.54, 1.807) is 30.5 Å². The van der Waals surface area contributed by atoms with Crippen LogP contribution in [-0.4, -0.2) is 11.7 Å². The second-order valence-electron chi connectivity index (χ2n) is 6.61. The molecule has 4 aromatic rings. The van der Waals surface area contributed by atoms with Gasteiger partial charge in [0.1, 0.15) is 0 Å². The Morgan fingerprint density at radius 1 is 0.931 bits per heavy atom. The second kappa shape index (κ2) is 8.00. The van der Waals surface area contributed by atoms with E-state index in [-0.39, 0.29) is 0 Å². The van der Waals surface area contributed by atoms with Crippen LogP contribution in [0.3, 0.4) is 0 Å². The first kappa shape index (κ1) is 18.5. The number of hydrogen-bond acceptors (Lipinski definition) is 4. The molecule has 1 unspecified atom stereocenters. The van der Waals surface area contributed by atoms with Crippen LogP contribution in [0, 0.1) is 5.41 Å². The number of nitrogens with one attached hydrogen (secondary N) is 3. The predicted octanol–water partition coefficient (Wildman–Crippen LogP) is 5.14. The van der Waals surface area contributed by atoms with E-state index < -0.39 is 12.1 Å². The number of urea groups is 1. The van der Waals surface area contributed by atoms with Crippen LogP contribution in [-0.2, 0) is 0 Å². The van der Waals surface area contributed by atoms with Gasteiger partial charge in [0.25, 0.3) is 0 Å². The molecular formula is C23H20N4O2. The van der Waals surface area contributed by atoms with Crippen LogP contribution in [0.4, 0.5) is 16.2 Å². The van der Waals surface area contributed by atoms with E-state index in [2.05, 4.69) is 10.6 Å². The lowest BCUT2D eigenvalue weighted by atomic mass is 9.97. The lowest BCUT2D eigenvalue weighted by Gasteiger charge is -2.15. The van der Waals surface area contributed by atoms with Gasteiger partial charge in [0.05, 0.1) is 23.7 Å². The van der Waals surface area contributed by atoms with E-state index in [0.717, 1.165) is 16.5 Å². The number of nitrogens with two attached hydrogens (primary N) is 1. The molecule has 1 atom stereocenters. The van der Waals surface area contributed by atoms with E-state index in [9.17, 15) is 4.79 Å². The van der Waals surface area contributed by atoms with Crippen molar-refractivity contribution in [3.63, 3.8) is 0 Å². The van der Waals surface area contributed by atoms with Gasteiger partial charge in [0, 0.05) is 11.1 Å². The van der Waals surface area contributed by atoms with Crippen LogP contribution in [0.1, 0.15) is 17.2 Å². The van der Waals surface area contributed by atoms with E-state index in [1.165, 1.54) is 0 Å². The van der Waals surface area contributed by atoms with Gasteiger partial charge in [0.2, 0.25) is 0 Å².